The van der Waals surface area contributed by atoms with Crippen molar-refractivity contribution in [2.45, 2.75) is 83.0 Å². The summed E-state index contributed by atoms with van der Waals surface area (Å²) in [5.41, 5.74) is 21.4. The maximum Gasteiger partial charge on any atom is 0.326 e. The molecule has 0 heterocycles. The Hall–Kier alpha value is -3.95. The van der Waals surface area contributed by atoms with Gasteiger partial charge >= 0.3 is 11.9 Å². The van der Waals surface area contributed by atoms with Gasteiger partial charge in [0.15, 0.2) is 5.96 Å². The second-order valence-corrected chi connectivity index (χ2v) is 8.83. The highest BCUT2D eigenvalue weighted by atomic mass is 16.4. The standard InChI is InChI=1S/C22H40N8O8/c1-3-11(2)17(20(36)29-14(21(37)38)6-8-15(24)31)30-19(35)13(7-9-16(32)33)28-18(34)12(23)5-4-10-27-22(25)26/h11-14,17H,3-10,23H2,1-2H3,(H2,24,31)(H,28,34)(H,29,36)(H,30,35)(H,32,33)(H,37,38)(H4,25,26,27). The van der Waals surface area contributed by atoms with Crippen LogP contribution in [0.4, 0.5) is 0 Å². The summed E-state index contributed by atoms with van der Waals surface area (Å²) in [6.45, 7) is 3.61. The molecule has 4 amide bonds. The van der Waals surface area contributed by atoms with Crippen molar-refractivity contribution in [1.29, 1.82) is 0 Å². The molecule has 13 N–H and O–H groups in total. The molecule has 0 spiro atoms. The first-order valence-electron chi connectivity index (χ1n) is 12.1. The van der Waals surface area contributed by atoms with Crippen LogP contribution in [0.2, 0.25) is 0 Å². The summed E-state index contributed by atoms with van der Waals surface area (Å²) in [6.07, 6.45) is -0.344. The summed E-state index contributed by atoms with van der Waals surface area (Å²) in [6, 6.07) is -5.04. The zero-order valence-corrected chi connectivity index (χ0v) is 21.6. The first-order valence-corrected chi connectivity index (χ1v) is 12.1. The fourth-order valence-electron chi connectivity index (χ4n) is 3.23. The molecule has 216 valence electrons. The van der Waals surface area contributed by atoms with Gasteiger partial charge in [0.05, 0.1) is 6.04 Å². The van der Waals surface area contributed by atoms with Crippen molar-refractivity contribution in [2.24, 2.45) is 33.8 Å². The predicted molar refractivity (Wildman–Crippen MR) is 136 cm³/mol. The molecule has 0 aliphatic rings. The second kappa shape index (κ2) is 17.5. The molecule has 16 heteroatoms. The Bertz CT molecular complexity index is 877. The molecule has 0 aromatic rings. The van der Waals surface area contributed by atoms with Gasteiger partial charge in [-0.1, -0.05) is 20.3 Å². The van der Waals surface area contributed by atoms with Gasteiger partial charge in [0.25, 0.3) is 0 Å². The van der Waals surface area contributed by atoms with E-state index in [0.717, 1.165) is 0 Å². The smallest absolute Gasteiger partial charge is 0.326 e. The normalized spacial score (nSPS) is 14.6. The van der Waals surface area contributed by atoms with Crippen molar-refractivity contribution in [2.75, 3.05) is 6.54 Å². The third-order valence-electron chi connectivity index (χ3n) is 5.67. The van der Waals surface area contributed by atoms with Crippen LogP contribution in [0.1, 0.15) is 58.8 Å². The highest BCUT2D eigenvalue weighted by molar-refractivity contribution is 5.94. The van der Waals surface area contributed by atoms with Crippen molar-refractivity contribution in [3.8, 4) is 0 Å². The largest absolute Gasteiger partial charge is 0.481 e. The number of primary amides is 1. The average Bonchev–Trinajstić information content (AvgIpc) is 2.83. The lowest BCUT2D eigenvalue weighted by Gasteiger charge is -2.28. The van der Waals surface area contributed by atoms with E-state index in [1.165, 1.54) is 0 Å². The SMILES string of the molecule is CCC(C)C(NC(=O)C(CCC(=O)O)NC(=O)C(N)CCCN=C(N)N)C(=O)NC(CCC(N)=O)C(=O)O. The summed E-state index contributed by atoms with van der Waals surface area (Å²) < 4.78 is 0. The van der Waals surface area contributed by atoms with Crippen LogP contribution in [0, 0.1) is 5.92 Å². The number of hydrogen-bond acceptors (Lipinski definition) is 8. The number of nitrogens with zero attached hydrogens (tertiary/aromatic N) is 1. The molecule has 0 fully saturated rings. The van der Waals surface area contributed by atoms with E-state index in [0.29, 0.717) is 12.8 Å². The first kappa shape index (κ1) is 34.0. The van der Waals surface area contributed by atoms with Gasteiger partial charge in [-0.2, -0.15) is 0 Å². The van der Waals surface area contributed by atoms with Gasteiger partial charge in [0.1, 0.15) is 18.1 Å². The maximum absolute atomic E-state index is 13.1. The number of carboxylic acids is 2. The van der Waals surface area contributed by atoms with Crippen molar-refractivity contribution in [1.82, 2.24) is 16.0 Å². The quantitative estimate of drug-likeness (QED) is 0.0450. The Morgan fingerprint density at radius 1 is 0.816 bits per heavy atom. The van der Waals surface area contributed by atoms with Crippen molar-refractivity contribution in [3.05, 3.63) is 0 Å². The molecule has 0 aliphatic carbocycles. The Labute approximate surface area is 220 Å². The Morgan fingerprint density at radius 2 is 1.39 bits per heavy atom. The fourth-order valence-corrected chi connectivity index (χ4v) is 3.23. The number of aliphatic imine (C=N–C) groups is 1. The molecule has 5 atom stereocenters. The molecular weight excluding hydrogens is 504 g/mol. The summed E-state index contributed by atoms with van der Waals surface area (Å²) in [4.78, 5) is 75.9. The fraction of sp³-hybridized carbons (Fsp3) is 0.682. The lowest BCUT2D eigenvalue weighted by Crippen LogP contribution is -2.58. The van der Waals surface area contributed by atoms with E-state index in [1.807, 2.05) is 0 Å². The minimum absolute atomic E-state index is 0.115. The summed E-state index contributed by atoms with van der Waals surface area (Å²) >= 11 is 0. The van der Waals surface area contributed by atoms with Gasteiger partial charge in [-0.05, 0) is 31.6 Å². The average molecular weight is 545 g/mol. The molecule has 38 heavy (non-hydrogen) atoms. The Balaban J connectivity index is 5.55. The molecule has 5 unspecified atom stereocenters. The number of nitrogens with two attached hydrogens (primary N) is 4. The molecule has 0 saturated carbocycles. The van der Waals surface area contributed by atoms with Gasteiger partial charge in [-0.15, -0.1) is 0 Å². The molecule has 16 nitrogen and oxygen atoms in total. The Morgan fingerprint density at radius 3 is 1.89 bits per heavy atom. The van der Waals surface area contributed by atoms with Crippen molar-refractivity contribution >= 4 is 41.5 Å². The second-order valence-electron chi connectivity index (χ2n) is 8.83. The number of rotatable bonds is 19. The van der Waals surface area contributed by atoms with Crippen LogP contribution >= 0.6 is 0 Å². The maximum atomic E-state index is 13.1. The van der Waals surface area contributed by atoms with E-state index in [2.05, 4.69) is 20.9 Å². The molecule has 0 saturated heterocycles. The Kier molecular flexibility index (Phi) is 15.7. The van der Waals surface area contributed by atoms with E-state index < -0.39 is 72.1 Å². The molecule has 0 aromatic carbocycles. The van der Waals surface area contributed by atoms with Gasteiger partial charge < -0.3 is 49.1 Å². The lowest BCUT2D eigenvalue weighted by atomic mass is 9.96. The van der Waals surface area contributed by atoms with Gasteiger partial charge in [0, 0.05) is 19.4 Å². The van der Waals surface area contributed by atoms with Gasteiger partial charge in [-0.25, -0.2) is 4.79 Å². The number of carboxylic acid groups (broad SMARTS) is 2. The van der Waals surface area contributed by atoms with Crippen LogP contribution in [0.25, 0.3) is 0 Å². The number of carbonyl (C=O) groups is 6. The van der Waals surface area contributed by atoms with E-state index >= 15 is 0 Å². The highest BCUT2D eigenvalue weighted by Crippen LogP contribution is 2.11. The topological polar surface area (TPSA) is 295 Å². The monoisotopic (exact) mass is 544 g/mol. The van der Waals surface area contributed by atoms with E-state index in [4.69, 9.17) is 28.0 Å². The zero-order valence-electron chi connectivity index (χ0n) is 21.6. The highest BCUT2D eigenvalue weighted by Gasteiger charge is 2.33. The van der Waals surface area contributed by atoms with Crippen LogP contribution < -0.4 is 38.9 Å². The lowest BCUT2D eigenvalue weighted by molar-refractivity contribution is -0.143. The van der Waals surface area contributed by atoms with Crippen LogP contribution in [0.15, 0.2) is 4.99 Å². The van der Waals surface area contributed by atoms with E-state index in [1.54, 1.807) is 13.8 Å². The van der Waals surface area contributed by atoms with Crippen molar-refractivity contribution < 1.29 is 39.0 Å². The predicted octanol–water partition coefficient (Wildman–Crippen LogP) is -2.92. The number of guanidine groups is 1. The zero-order chi connectivity index (χ0) is 29.4. The molecule has 0 aliphatic heterocycles. The van der Waals surface area contributed by atoms with Crippen LogP contribution in [0.3, 0.4) is 0 Å². The number of aliphatic carboxylic acids is 2. The van der Waals surface area contributed by atoms with Gasteiger partial charge in [0.2, 0.25) is 23.6 Å². The minimum atomic E-state index is -1.43. The number of amides is 4. The number of hydrogen-bond donors (Lipinski definition) is 9. The molecule has 0 bridgehead atoms. The summed E-state index contributed by atoms with van der Waals surface area (Å²) in [5.74, 6) is -6.34. The van der Waals surface area contributed by atoms with E-state index in [9.17, 15) is 33.9 Å². The first-order chi connectivity index (χ1) is 17.7. The van der Waals surface area contributed by atoms with Crippen LogP contribution in [-0.2, 0) is 28.8 Å². The molecule has 0 radical (unpaired) electrons. The molecule has 0 aromatic heterocycles. The number of nitrogens with one attached hydrogen (secondary N) is 3. The van der Waals surface area contributed by atoms with Gasteiger partial charge in [-0.3, -0.25) is 29.0 Å². The minimum Gasteiger partial charge on any atom is -0.481 e. The van der Waals surface area contributed by atoms with Crippen LogP contribution in [0.5, 0.6) is 0 Å². The third kappa shape index (κ3) is 14.0. The molecule has 0 rings (SSSR count). The third-order valence-corrected chi connectivity index (χ3v) is 5.67. The summed E-state index contributed by atoms with van der Waals surface area (Å²) in [7, 11) is 0. The van der Waals surface area contributed by atoms with Crippen LogP contribution in [-0.4, -0.2) is 82.5 Å². The van der Waals surface area contributed by atoms with E-state index in [-0.39, 0.29) is 38.2 Å². The number of carbonyl (C=O) groups excluding carboxylic acids is 4. The van der Waals surface area contributed by atoms with Crippen molar-refractivity contribution in [3.63, 3.8) is 0 Å². The molecular formula is C22H40N8O8. The summed E-state index contributed by atoms with van der Waals surface area (Å²) in [5, 5.41) is 25.6.